The van der Waals surface area contributed by atoms with Crippen LogP contribution in [0.5, 0.6) is 0 Å². The highest BCUT2D eigenvalue weighted by Gasteiger charge is 2.20. The van der Waals surface area contributed by atoms with Crippen molar-refractivity contribution >= 4 is 5.82 Å². The summed E-state index contributed by atoms with van der Waals surface area (Å²) in [6, 6.07) is 4.97. The van der Waals surface area contributed by atoms with Crippen molar-refractivity contribution in [2.24, 2.45) is 5.73 Å². The van der Waals surface area contributed by atoms with E-state index in [4.69, 9.17) is 5.73 Å². The first-order chi connectivity index (χ1) is 8.72. The number of hydrogen-bond acceptors (Lipinski definition) is 3. The third-order valence-corrected chi connectivity index (χ3v) is 3.94. The molecule has 1 aromatic rings. The molecule has 0 aromatic carbocycles. The van der Waals surface area contributed by atoms with Crippen molar-refractivity contribution in [2.45, 2.75) is 58.0 Å². The van der Waals surface area contributed by atoms with Crippen molar-refractivity contribution in [1.29, 1.82) is 0 Å². The van der Waals surface area contributed by atoms with Crippen LogP contribution in [0.15, 0.2) is 18.3 Å². The van der Waals surface area contributed by atoms with Gasteiger partial charge in [0.15, 0.2) is 0 Å². The molecule has 3 nitrogen and oxygen atoms in total. The zero-order valence-corrected chi connectivity index (χ0v) is 11.6. The minimum atomic E-state index is 0.0673. The molecular weight excluding hydrogens is 222 g/mol. The summed E-state index contributed by atoms with van der Waals surface area (Å²) in [6.07, 6.45) is 8.42. The monoisotopic (exact) mass is 247 g/mol. The summed E-state index contributed by atoms with van der Waals surface area (Å²) in [4.78, 5) is 7.09. The lowest BCUT2D eigenvalue weighted by Gasteiger charge is -2.30. The molecule has 1 saturated heterocycles. The van der Waals surface area contributed by atoms with Crippen LogP contribution in [0.1, 0.15) is 57.6 Å². The highest BCUT2D eigenvalue weighted by Crippen LogP contribution is 2.24. The Morgan fingerprint density at radius 1 is 1.39 bits per heavy atom. The molecule has 0 amide bonds. The lowest BCUT2D eigenvalue weighted by Crippen LogP contribution is -2.35. The summed E-state index contributed by atoms with van der Waals surface area (Å²) in [6.45, 7) is 5.42. The van der Waals surface area contributed by atoms with Crippen molar-refractivity contribution in [3.05, 3.63) is 23.9 Å². The first-order valence-electron chi connectivity index (χ1n) is 7.20. The van der Waals surface area contributed by atoms with E-state index in [-0.39, 0.29) is 6.04 Å². The van der Waals surface area contributed by atoms with Gasteiger partial charge in [0.05, 0.1) is 0 Å². The SMILES string of the molecule is CCC1CCCCCN1c1ccc(C(C)N)cn1. The molecule has 2 rings (SSSR count). The Bertz CT molecular complexity index is 359. The normalized spacial score (nSPS) is 22.6. The van der Waals surface area contributed by atoms with E-state index in [1.54, 1.807) is 0 Å². The molecule has 1 aliphatic rings. The number of nitrogens with two attached hydrogens (primary N) is 1. The van der Waals surface area contributed by atoms with E-state index >= 15 is 0 Å². The van der Waals surface area contributed by atoms with Gasteiger partial charge in [-0.15, -0.1) is 0 Å². The lowest BCUT2D eigenvalue weighted by atomic mass is 10.1. The van der Waals surface area contributed by atoms with E-state index in [2.05, 4.69) is 28.9 Å². The molecule has 0 aliphatic carbocycles. The number of hydrogen-bond donors (Lipinski definition) is 1. The Labute approximate surface area is 110 Å². The van der Waals surface area contributed by atoms with Crippen LogP contribution < -0.4 is 10.6 Å². The third kappa shape index (κ3) is 3.02. The fourth-order valence-electron chi connectivity index (χ4n) is 2.74. The summed E-state index contributed by atoms with van der Waals surface area (Å²) in [5, 5.41) is 0. The highest BCUT2D eigenvalue weighted by molar-refractivity contribution is 5.41. The second-order valence-electron chi connectivity index (χ2n) is 5.34. The van der Waals surface area contributed by atoms with Crippen molar-refractivity contribution in [1.82, 2.24) is 4.98 Å². The predicted molar refractivity (Wildman–Crippen MR) is 76.7 cm³/mol. The largest absolute Gasteiger partial charge is 0.354 e. The van der Waals surface area contributed by atoms with E-state index in [9.17, 15) is 0 Å². The van der Waals surface area contributed by atoms with Crippen molar-refractivity contribution in [3.63, 3.8) is 0 Å². The minimum Gasteiger partial charge on any atom is -0.354 e. The maximum absolute atomic E-state index is 5.87. The summed E-state index contributed by atoms with van der Waals surface area (Å²) in [7, 11) is 0. The first-order valence-corrected chi connectivity index (χ1v) is 7.20. The molecule has 2 N–H and O–H groups in total. The van der Waals surface area contributed by atoms with E-state index < -0.39 is 0 Å². The van der Waals surface area contributed by atoms with Crippen LogP contribution in [-0.2, 0) is 0 Å². The molecule has 0 saturated carbocycles. The number of aromatic nitrogens is 1. The molecule has 2 heterocycles. The Hall–Kier alpha value is -1.09. The van der Waals surface area contributed by atoms with Crippen LogP contribution >= 0.6 is 0 Å². The smallest absolute Gasteiger partial charge is 0.128 e. The van der Waals surface area contributed by atoms with E-state index in [0.29, 0.717) is 6.04 Å². The zero-order chi connectivity index (χ0) is 13.0. The highest BCUT2D eigenvalue weighted by atomic mass is 15.2. The van der Waals surface area contributed by atoms with Gasteiger partial charge in [0.25, 0.3) is 0 Å². The zero-order valence-electron chi connectivity index (χ0n) is 11.6. The summed E-state index contributed by atoms with van der Waals surface area (Å²) < 4.78 is 0. The Kier molecular flexibility index (Phi) is 4.59. The number of nitrogens with zero attached hydrogens (tertiary/aromatic N) is 2. The van der Waals surface area contributed by atoms with Gasteiger partial charge in [-0.1, -0.05) is 25.8 Å². The average Bonchev–Trinajstić information content (AvgIpc) is 2.63. The molecule has 2 unspecified atom stereocenters. The standard InChI is InChI=1S/C15H25N3/c1-3-14-7-5-4-6-10-18(14)15-9-8-13(11-17-15)12(2)16/h8-9,11-12,14H,3-7,10,16H2,1-2H3. The predicted octanol–water partition coefficient (Wildman–Crippen LogP) is 3.26. The third-order valence-electron chi connectivity index (χ3n) is 3.94. The maximum Gasteiger partial charge on any atom is 0.128 e. The van der Waals surface area contributed by atoms with Gasteiger partial charge in [-0.25, -0.2) is 4.98 Å². The van der Waals surface area contributed by atoms with Gasteiger partial charge in [-0.05, 0) is 37.8 Å². The molecule has 1 aliphatic heterocycles. The summed E-state index contributed by atoms with van der Waals surface area (Å²) >= 11 is 0. The van der Waals surface area contributed by atoms with Gasteiger partial charge in [0.1, 0.15) is 5.82 Å². The van der Waals surface area contributed by atoms with Gasteiger partial charge in [-0.2, -0.15) is 0 Å². The van der Waals surface area contributed by atoms with Crippen LogP contribution in [0.4, 0.5) is 5.82 Å². The number of pyridine rings is 1. The molecule has 1 fully saturated rings. The second kappa shape index (κ2) is 6.19. The lowest BCUT2D eigenvalue weighted by molar-refractivity contribution is 0.552. The average molecular weight is 247 g/mol. The van der Waals surface area contributed by atoms with Gasteiger partial charge < -0.3 is 10.6 Å². The van der Waals surface area contributed by atoms with Gasteiger partial charge in [-0.3, -0.25) is 0 Å². The Morgan fingerprint density at radius 2 is 2.22 bits per heavy atom. The van der Waals surface area contributed by atoms with Crippen LogP contribution in [0.3, 0.4) is 0 Å². The van der Waals surface area contributed by atoms with Crippen LogP contribution in [-0.4, -0.2) is 17.6 Å². The number of rotatable bonds is 3. The second-order valence-corrected chi connectivity index (χ2v) is 5.34. The molecule has 0 spiro atoms. The fourth-order valence-corrected chi connectivity index (χ4v) is 2.74. The molecule has 0 bridgehead atoms. The minimum absolute atomic E-state index is 0.0673. The van der Waals surface area contributed by atoms with Crippen LogP contribution in [0, 0.1) is 0 Å². The molecule has 3 heteroatoms. The molecule has 100 valence electrons. The van der Waals surface area contributed by atoms with Gasteiger partial charge in [0, 0.05) is 24.8 Å². The van der Waals surface area contributed by atoms with E-state index in [1.807, 2.05) is 13.1 Å². The maximum atomic E-state index is 5.87. The molecule has 18 heavy (non-hydrogen) atoms. The number of anilines is 1. The molecule has 2 atom stereocenters. The van der Waals surface area contributed by atoms with Crippen molar-refractivity contribution in [3.8, 4) is 0 Å². The molecule has 0 radical (unpaired) electrons. The topological polar surface area (TPSA) is 42.1 Å². The van der Waals surface area contributed by atoms with Crippen molar-refractivity contribution in [2.75, 3.05) is 11.4 Å². The Balaban J connectivity index is 2.16. The summed E-state index contributed by atoms with van der Waals surface area (Å²) in [5.41, 5.74) is 6.98. The molecular formula is C15H25N3. The van der Waals surface area contributed by atoms with E-state index in [0.717, 1.165) is 17.9 Å². The first kappa shape index (κ1) is 13.3. The van der Waals surface area contributed by atoms with Gasteiger partial charge >= 0.3 is 0 Å². The fraction of sp³-hybridized carbons (Fsp3) is 0.667. The molecule has 1 aromatic heterocycles. The van der Waals surface area contributed by atoms with Crippen molar-refractivity contribution < 1.29 is 0 Å². The quantitative estimate of drug-likeness (QED) is 0.891. The van der Waals surface area contributed by atoms with Crippen LogP contribution in [0.25, 0.3) is 0 Å². The summed E-state index contributed by atoms with van der Waals surface area (Å²) in [5.74, 6) is 1.12. The van der Waals surface area contributed by atoms with Crippen LogP contribution in [0.2, 0.25) is 0 Å². The van der Waals surface area contributed by atoms with E-state index in [1.165, 1.54) is 32.1 Å². The Morgan fingerprint density at radius 3 is 2.83 bits per heavy atom. The van der Waals surface area contributed by atoms with Gasteiger partial charge in [0.2, 0.25) is 0 Å².